The number of esters is 1. The Labute approximate surface area is 204 Å². The molecule has 0 saturated carbocycles. The fourth-order valence-corrected chi connectivity index (χ4v) is 4.31. The lowest BCUT2D eigenvalue weighted by Gasteiger charge is -2.30. The van der Waals surface area contributed by atoms with Crippen molar-refractivity contribution in [1.82, 2.24) is 14.8 Å². The lowest BCUT2D eigenvalue weighted by Crippen LogP contribution is -2.43. The van der Waals surface area contributed by atoms with Crippen molar-refractivity contribution in [2.24, 2.45) is 5.92 Å². The second-order valence-corrected chi connectivity index (χ2v) is 8.73. The van der Waals surface area contributed by atoms with Gasteiger partial charge in [-0.1, -0.05) is 42.5 Å². The minimum Gasteiger partial charge on any atom is -0.466 e. The van der Waals surface area contributed by atoms with Crippen LogP contribution in [0.5, 0.6) is 0 Å². The van der Waals surface area contributed by atoms with Gasteiger partial charge in [0, 0.05) is 26.2 Å². The molecular weight excluding hydrogens is 449 g/mol. The number of piperidine rings is 1. The molecule has 35 heavy (non-hydrogen) atoms. The molecule has 1 atom stereocenters. The molecule has 1 aliphatic rings. The summed E-state index contributed by atoms with van der Waals surface area (Å²) in [6.45, 7) is 4.58. The molecule has 1 saturated heterocycles. The molecule has 2 heterocycles. The summed E-state index contributed by atoms with van der Waals surface area (Å²) in [6, 6.07) is 16.4. The second kappa shape index (κ2) is 11.8. The number of nitrogens with zero attached hydrogens (tertiary/aromatic N) is 3. The molecule has 0 radical (unpaired) electrons. The molecule has 2 aromatic carbocycles. The van der Waals surface area contributed by atoms with E-state index < -0.39 is 0 Å². The highest BCUT2D eigenvalue weighted by molar-refractivity contribution is 5.92. The number of oxazole rings is 1. The van der Waals surface area contributed by atoms with Crippen molar-refractivity contribution in [3.63, 3.8) is 0 Å². The third kappa shape index (κ3) is 6.76. The Hall–Kier alpha value is -3.52. The summed E-state index contributed by atoms with van der Waals surface area (Å²) in [7, 11) is 0. The van der Waals surface area contributed by atoms with E-state index in [9.17, 15) is 14.0 Å². The van der Waals surface area contributed by atoms with Crippen LogP contribution in [-0.4, -0.2) is 46.4 Å². The van der Waals surface area contributed by atoms with E-state index in [2.05, 4.69) is 9.88 Å². The van der Waals surface area contributed by atoms with E-state index in [1.807, 2.05) is 30.3 Å². The monoisotopic (exact) mass is 479 g/mol. The summed E-state index contributed by atoms with van der Waals surface area (Å²) in [6.07, 6.45) is 2.83. The van der Waals surface area contributed by atoms with E-state index >= 15 is 0 Å². The molecule has 1 aromatic heterocycles. The number of carbonyl (C=O) groups is 2. The van der Waals surface area contributed by atoms with E-state index in [-0.39, 0.29) is 29.3 Å². The third-order valence-electron chi connectivity index (χ3n) is 6.03. The fourth-order valence-electron chi connectivity index (χ4n) is 4.31. The Bertz CT molecular complexity index is 1120. The van der Waals surface area contributed by atoms with Gasteiger partial charge in [0.1, 0.15) is 12.1 Å². The molecule has 184 valence electrons. The van der Waals surface area contributed by atoms with Crippen molar-refractivity contribution >= 4 is 11.9 Å². The first-order valence-electron chi connectivity index (χ1n) is 11.9. The lowest BCUT2D eigenvalue weighted by atomic mass is 9.98. The number of benzene rings is 2. The van der Waals surface area contributed by atoms with Gasteiger partial charge in [0.15, 0.2) is 5.69 Å². The number of aromatic nitrogens is 1. The predicted molar refractivity (Wildman–Crippen MR) is 128 cm³/mol. The Morgan fingerprint density at radius 3 is 2.51 bits per heavy atom. The minimum absolute atomic E-state index is 0.228. The molecule has 0 spiro atoms. The zero-order chi connectivity index (χ0) is 24.6. The van der Waals surface area contributed by atoms with Crippen molar-refractivity contribution in [3.05, 3.63) is 89.4 Å². The summed E-state index contributed by atoms with van der Waals surface area (Å²) in [5.74, 6) is -0.672. The number of hydrogen-bond donors (Lipinski definition) is 0. The largest absolute Gasteiger partial charge is 0.466 e. The van der Waals surface area contributed by atoms with Crippen LogP contribution in [0.25, 0.3) is 0 Å². The van der Waals surface area contributed by atoms with Crippen LogP contribution in [0.4, 0.5) is 4.39 Å². The van der Waals surface area contributed by atoms with Gasteiger partial charge >= 0.3 is 5.97 Å². The van der Waals surface area contributed by atoms with Crippen LogP contribution in [0, 0.1) is 11.7 Å². The Morgan fingerprint density at radius 2 is 1.80 bits per heavy atom. The smallest absolute Gasteiger partial charge is 0.310 e. The van der Waals surface area contributed by atoms with E-state index in [0.29, 0.717) is 51.6 Å². The van der Waals surface area contributed by atoms with Crippen LogP contribution in [0.15, 0.2) is 65.3 Å². The van der Waals surface area contributed by atoms with Crippen molar-refractivity contribution in [2.75, 3.05) is 19.7 Å². The molecule has 0 bridgehead atoms. The highest BCUT2D eigenvalue weighted by atomic mass is 19.1. The summed E-state index contributed by atoms with van der Waals surface area (Å²) < 4.78 is 24.1. The van der Waals surface area contributed by atoms with E-state index in [4.69, 9.17) is 9.15 Å². The molecule has 0 unspecified atom stereocenters. The molecule has 0 aliphatic carbocycles. The number of hydrogen-bond acceptors (Lipinski definition) is 6. The van der Waals surface area contributed by atoms with Gasteiger partial charge in [-0.05, 0) is 43.0 Å². The SMILES string of the molecule is CCOC(=O)[C@H]1CCCN(C(=O)c2coc(CN(Cc3ccccc3)Cc3ccc(F)cc3)n2)C1. The molecule has 3 aromatic rings. The van der Waals surface area contributed by atoms with Gasteiger partial charge in [-0.25, -0.2) is 9.37 Å². The van der Waals surface area contributed by atoms with E-state index in [1.54, 1.807) is 24.0 Å². The van der Waals surface area contributed by atoms with Gasteiger partial charge < -0.3 is 14.1 Å². The first-order chi connectivity index (χ1) is 17.0. The van der Waals surface area contributed by atoms with Crippen LogP contribution in [-0.2, 0) is 29.2 Å². The first kappa shape index (κ1) is 24.6. The maximum atomic E-state index is 13.4. The number of amides is 1. The van der Waals surface area contributed by atoms with Crippen molar-refractivity contribution in [3.8, 4) is 0 Å². The van der Waals surface area contributed by atoms with Crippen molar-refractivity contribution < 1.29 is 23.1 Å². The van der Waals surface area contributed by atoms with Crippen LogP contribution in [0.2, 0.25) is 0 Å². The standard InChI is InChI=1S/C27H30FN3O4/c1-2-34-27(33)22-9-6-14-31(17-22)26(32)24-19-35-25(29-24)18-30(15-20-7-4-3-5-8-20)16-21-10-12-23(28)13-11-21/h3-5,7-8,10-13,19,22H,2,6,9,14-18H2,1H3/t22-/m0/s1. The maximum Gasteiger partial charge on any atom is 0.310 e. The van der Waals surface area contributed by atoms with Crippen molar-refractivity contribution in [2.45, 2.75) is 39.4 Å². The quantitative estimate of drug-likeness (QED) is 0.423. The molecular formula is C27H30FN3O4. The third-order valence-corrected chi connectivity index (χ3v) is 6.03. The van der Waals surface area contributed by atoms with Crippen LogP contribution in [0.1, 0.15) is 47.3 Å². The average Bonchev–Trinajstić information content (AvgIpc) is 3.34. The molecule has 1 fully saturated rings. The number of likely N-dealkylation sites (tertiary alicyclic amines) is 1. The molecule has 8 heteroatoms. The summed E-state index contributed by atoms with van der Waals surface area (Å²) >= 11 is 0. The van der Waals surface area contributed by atoms with Gasteiger partial charge in [-0.2, -0.15) is 0 Å². The van der Waals surface area contributed by atoms with Gasteiger partial charge in [-0.15, -0.1) is 0 Å². The summed E-state index contributed by atoms with van der Waals surface area (Å²) in [5.41, 5.74) is 2.31. The second-order valence-electron chi connectivity index (χ2n) is 8.73. The zero-order valence-corrected chi connectivity index (χ0v) is 19.9. The fraction of sp³-hybridized carbons (Fsp3) is 0.370. The average molecular weight is 480 g/mol. The van der Waals surface area contributed by atoms with E-state index in [1.165, 1.54) is 18.4 Å². The molecule has 1 amide bonds. The topological polar surface area (TPSA) is 75.9 Å². The molecule has 7 nitrogen and oxygen atoms in total. The Morgan fingerprint density at radius 1 is 1.09 bits per heavy atom. The van der Waals surface area contributed by atoms with Gasteiger partial charge in [-0.3, -0.25) is 14.5 Å². The van der Waals surface area contributed by atoms with E-state index in [0.717, 1.165) is 17.5 Å². The maximum absolute atomic E-state index is 13.4. The molecule has 1 aliphatic heterocycles. The highest BCUT2D eigenvalue weighted by Gasteiger charge is 2.31. The lowest BCUT2D eigenvalue weighted by molar-refractivity contribution is -0.149. The first-order valence-corrected chi connectivity index (χ1v) is 11.9. The molecule has 0 N–H and O–H groups in total. The summed E-state index contributed by atoms with van der Waals surface area (Å²) in [5, 5.41) is 0. The number of halogens is 1. The Kier molecular flexibility index (Phi) is 8.26. The van der Waals surface area contributed by atoms with Crippen LogP contribution in [0.3, 0.4) is 0 Å². The van der Waals surface area contributed by atoms with Crippen LogP contribution < -0.4 is 0 Å². The van der Waals surface area contributed by atoms with Gasteiger partial charge in [0.05, 0.1) is 19.1 Å². The van der Waals surface area contributed by atoms with Crippen molar-refractivity contribution in [1.29, 1.82) is 0 Å². The minimum atomic E-state index is -0.309. The normalized spacial score (nSPS) is 15.9. The number of ether oxygens (including phenoxy) is 1. The number of carbonyl (C=O) groups excluding carboxylic acids is 2. The number of rotatable bonds is 9. The van der Waals surface area contributed by atoms with Gasteiger partial charge in [0.2, 0.25) is 5.89 Å². The van der Waals surface area contributed by atoms with Crippen LogP contribution >= 0.6 is 0 Å². The zero-order valence-electron chi connectivity index (χ0n) is 19.9. The Balaban J connectivity index is 1.44. The summed E-state index contributed by atoms with van der Waals surface area (Å²) in [4.78, 5) is 33.4. The van der Waals surface area contributed by atoms with Gasteiger partial charge in [0.25, 0.3) is 5.91 Å². The highest BCUT2D eigenvalue weighted by Crippen LogP contribution is 2.21. The predicted octanol–water partition coefficient (Wildman–Crippen LogP) is 4.43. The molecule has 4 rings (SSSR count).